The second-order valence-electron chi connectivity index (χ2n) is 5.23. The largest absolute Gasteiger partial charge is 0.493 e. The number of aromatic nitrogens is 1. The fourth-order valence-electron chi connectivity index (χ4n) is 2.06. The first-order chi connectivity index (χ1) is 10.6. The van der Waals surface area contributed by atoms with Gasteiger partial charge in [-0.15, -0.1) is 0 Å². The van der Waals surface area contributed by atoms with Crippen LogP contribution in [0.5, 0.6) is 11.5 Å². The Bertz CT molecular complexity index is 603. The number of halogens is 1. The zero-order chi connectivity index (χ0) is 15.9. The van der Waals surface area contributed by atoms with Gasteiger partial charge in [-0.1, -0.05) is 17.7 Å². The lowest BCUT2D eigenvalue weighted by atomic mass is 10.2. The summed E-state index contributed by atoms with van der Waals surface area (Å²) in [5.41, 5.74) is 2.10. The number of hydrogen-bond acceptors (Lipinski definition) is 4. The van der Waals surface area contributed by atoms with Crippen LogP contribution >= 0.6 is 11.6 Å². The minimum absolute atomic E-state index is 0.0690. The third kappa shape index (κ3) is 4.61. The molecule has 1 aromatic carbocycles. The molecule has 0 spiro atoms. The third-order valence-electron chi connectivity index (χ3n) is 3.06. The molecule has 0 unspecified atom stereocenters. The van der Waals surface area contributed by atoms with E-state index >= 15 is 0 Å². The van der Waals surface area contributed by atoms with Crippen molar-refractivity contribution >= 4 is 11.6 Å². The molecule has 1 N–H and O–H groups in total. The predicted octanol–water partition coefficient (Wildman–Crippen LogP) is 3.82. The molecule has 0 saturated carbocycles. The van der Waals surface area contributed by atoms with Crippen molar-refractivity contribution in [3.05, 3.63) is 52.8 Å². The van der Waals surface area contributed by atoms with Crippen LogP contribution in [0.15, 0.2) is 36.7 Å². The number of pyridine rings is 1. The van der Waals surface area contributed by atoms with Gasteiger partial charge in [-0.05, 0) is 37.1 Å². The van der Waals surface area contributed by atoms with E-state index in [9.17, 15) is 0 Å². The van der Waals surface area contributed by atoms with Crippen molar-refractivity contribution in [3.8, 4) is 11.5 Å². The van der Waals surface area contributed by atoms with Crippen molar-refractivity contribution in [2.24, 2.45) is 0 Å². The zero-order valence-electron chi connectivity index (χ0n) is 13.1. The molecule has 2 aromatic rings. The summed E-state index contributed by atoms with van der Waals surface area (Å²) in [6.45, 7) is 5.32. The van der Waals surface area contributed by atoms with Crippen LogP contribution in [0.4, 0.5) is 0 Å². The van der Waals surface area contributed by atoms with E-state index in [2.05, 4.69) is 10.3 Å². The van der Waals surface area contributed by atoms with E-state index in [1.165, 1.54) is 0 Å². The van der Waals surface area contributed by atoms with Crippen LogP contribution in [0.3, 0.4) is 0 Å². The molecule has 1 heterocycles. The van der Waals surface area contributed by atoms with E-state index in [4.69, 9.17) is 21.1 Å². The minimum atomic E-state index is 0.0690. The topological polar surface area (TPSA) is 43.4 Å². The zero-order valence-corrected chi connectivity index (χ0v) is 13.9. The summed E-state index contributed by atoms with van der Waals surface area (Å²) in [6.07, 6.45) is 3.67. The molecule has 0 fully saturated rings. The lowest BCUT2D eigenvalue weighted by Crippen LogP contribution is -2.13. The summed E-state index contributed by atoms with van der Waals surface area (Å²) in [5, 5.41) is 4.01. The average molecular weight is 321 g/mol. The fourth-order valence-corrected chi connectivity index (χ4v) is 2.28. The van der Waals surface area contributed by atoms with E-state index in [1.807, 2.05) is 44.3 Å². The highest BCUT2D eigenvalue weighted by Crippen LogP contribution is 2.34. The molecule has 4 nitrogen and oxygen atoms in total. The molecule has 0 bridgehead atoms. The Hall–Kier alpha value is -1.78. The Morgan fingerprint density at radius 2 is 2.05 bits per heavy atom. The molecule has 0 amide bonds. The van der Waals surface area contributed by atoms with Crippen LogP contribution < -0.4 is 14.8 Å². The van der Waals surface area contributed by atoms with Gasteiger partial charge >= 0.3 is 0 Å². The third-order valence-corrected chi connectivity index (χ3v) is 3.41. The van der Waals surface area contributed by atoms with Gasteiger partial charge in [0.25, 0.3) is 0 Å². The quantitative estimate of drug-likeness (QED) is 0.842. The maximum absolute atomic E-state index is 6.34. The Balaban J connectivity index is 2.04. The molecule has 2 rings (SSSR count). The Morgan fingerprint density at radius 3 is 2.68 bits per heavy atom. The molecule has 0 aliphatic rings. The SMILES string of the molecule is COc1cc(CNCc2cccnc2)c(Cl)cc1OC(C)C. The summed E-state index contributed by atoms with van der Waals surface area (Å²) >= 11 is 6.34. The number of nitrogens with one attached hydrogen (secondary N) is 1. The van der Waals surface area contributed by atoms with Crippen molar-refractivity contribution < 1.29 is 9.47 Å². The maximum Gasteiger partial charge on any atom is 0.163 e. The number of methoxy groups -OCH3 is 1. The standard InChI is InChI=1S/C17H21ClN2O2/c1-12(2)22-17-8-15(18)14(7-16(17)21-3)11-20-10-13-5-4-6-19-9-13/h4-9,12,20H,10-11H2,1-3H3. The van der Waals surface area contributed by atoms with Crippen LogP contribution in [0.25, 0.3) is 0 Å². The van der Waals surface area contributed by atoms with Gasteiger partial charge in [0.1, 0.15) is 0 Å². The molecule has 0 aliphatic heterocycles. The highest BCUT2D eigenvalue weighted by Gasteiger charge is 2.11. The molecule has 0 saturated heterocycles. The van der Waals surface area contributed by atoms with E-state index in [-0.39, 0.29) is 6.10 Å². The summed E-state index contributed by atoms with van der Waals surface area (Å²) in [7, 11) is 1.63. The highest BCUT2D eigenvalue weighted by atomic mass is 35.5. The van der Waals surface area contributed by atoms with Gasteiger partial charge < -0.3 is 14.8 Å². The van der Waals surface area contributed by atoms with Gasteiger partial charge in [-0.25, -0.2) is 0 Å². The monoisotopic (exact) mass is 320 g/mol. The second-order valence-corrected chi connectivity index (χ2v) is 5.63. The number of ether oxygens (including phenoxy) is 2. The van der Waals surface area contributed by atoms with Crippen LogP contribution in [-0.4, -0.2) is 18.2 Å². The van der Waals surface area contributed by atoms with E-state index in [0.717, 1.165) is 17.7 Å². The first kappa shape index (κ1) is 16.6. The second kappa shape index (κ2) is 8.01. The fraction of sp³-hybridized carbons (Fsp3) is 0.353. The first-order valence-corrected chi connectivity index (χ1v) is 7.60. The van der Waals surface area contributed by atoms with Crippen LogP contribution in [0, 0.1) is 0 Å². The average Bonchev–Trinajstić information content (AvgIpc) is 2.50. The molecular formula is C17H21ClN2O2. The molecule has 0 radical (unpaired) electrons. The Labute approximate surface area is 136 Å². The molecule has 0 aliphatic carbocycles. The van der Waals surface area contributed by atoms with Crippen LogP contribution in [0.2, 0.25) is 5.02 Å². The highest BCUT2D eigenvalue weighted by molar-refractivity contribution is 6.31. The van der Waals surface area contributed by atoms with Gasteiger partial charge in [0, 0.05) is 36.6 Å². The predicted molar refractivity (Wildman–Crippen MR) is 88.5 cm³/mol. The number of rotatable bonds is 7. The van der Waals surface area contributed by atoms with E-state index in [0.29, 0.717) is 23.1 Å². The molecule has 118 valence electrons. The van der Waals surface area contributed by atoms with E-state index < -0.39 is 0 Å². The maximum atomic E-state index is 6.34. The van der Waals surface area contributed by atoms with Crippen LogP contribution in [-0.2, 0) is 13.1 Å². The Morgan fingerprint density at radius 1 is 1.23 bits per heavy atom. The summed E-state index contributed by atoms with van der Waals surface area (Å²) < 4.78 is 11.1. The van der Waals surface area contributed by atoms with E-state index in [1.54, 1.807) is 13.3 Å². The van der Waals surface area contributed by atoms with Gasteiger partial charge in [0.2, 0.25) is 0 Å². The molecular weight excluding hydrogens is 300 g/mol. The first-order valence-electron chi connectivity index (χ1n) is 7.23. The lowest BCUT2D eigenvalue weighted by Gasteiger charge is -2.16. The van der Waals surface area contributed by atoms with Crippen molar-refractivity contribution in [1.82, 2.24) is 10.3 Å². The minimum Gasteiger partial charge on any atom is -0.493 e. The summed E-state index contributed by atoms with van der Waals surface area (Å²) in [5.74, 6) is 1.36. The van der Waals surface area contributed by atoms with Gasteiger partial charge in [0.15, 0.2) is 11.5 Å². The molecule has 1 aromatic heterocycles. The smallest absolute Gasteiger partial charge is 0.163 e. The Kier molecular flexibility index (Phi) is 6.04. The number of benzene rings is 1. The van der Waals surface area contributed by atoms with Gasteiger partial charge in [0.05, 0.1) is 13.2 Å². The summed E-state index contributed by atoms with van der Waals surface area (Å²) in [4.78, 5) is 4.09. The molecule has 22 heavy (non-hydrogen) atoms. The van der Waals surface area contributed by atoms with Crippen molar-refractivity contribution in [1.29, 1.82) is 0 Å². The van der Waals surface area contributed by atoms with Crippen molar-refractivity contribution in [3.63, 3.8) is 0 Å². The number of hydrogen-bond donors (Lipinski definition) is 1. The molecule has 0 atom stereocenters. The number of nitrogens with zero attached hydrogens (tertiary/aromatic N) is 1. The lowest BCUT2D eigenvalue weighted by molar-refractivity contribution is 0.230. The van der Waals surface area contributed by atoms with Gasteiger partial charge in [-0.2, -0.15) is 0 Å². The normalized spacial score (nSPS) is 10.8. The van der Waals surface area contributed by atoms with Crippen LogP contribution in [0.1, 0.15) is 25.0 Å². The van der Waals surface area contributed by atoms with Crippen molar-refractivity contribution in [2.75, 3.05) is 7.11 Å². The van der Waals surface area contributed by atoms with Crippen molar-refractivity contribution in [2.45, 2.75) is 33.0 Å². The van der Waals surface area contributed by atoms with Gasteiger partial charge in [-0.3, -0.25) is 4.98 Å². The summed E-state index contributed by atoms with van der Waals surface area (Å²) in [6, 6.07) is 7.67. The molecule has 5 heteroatoms.